The van der Waals surface area contributed by atoms with Crippen LogP contribution >= 0.6 is 10.7 Å². The number of carbonyl (C=O) groups excluding carboxylic acids is 1. The molecule has 1 saturated carbocycles. The summed E-state index contributed by atoms with van der Waals surface area (Å²) in [5.41, 5.74) is 1.19. The van der Waals surface area contributed by atoms with Crippen molar-refractivity contribution in [3.63, 3.8) is 0 Å². The number of hydrogen-bond donors (Lipinski definition) is 1. The van der Waals surface area contributed by atoms with Gasteiger partial charge in [-0.25, -0.2) is 8.42 Å². The van der Waals surface area contributed by atoms with Crippen molar-refractivity contribution in [2.24, 2.45) is 5.41 Å². The maximum atomic E-state index is 12.1. The summed E-state index contributed by atoms with van der Waals surface area (Å²) in [6.07, 6.45) is 3.43. The Morgan fingerprint density at radius 1 is 1.35 bits per heavy atom. The van der Waals surface area contributed by atoms with Crippen molar-refractivity contribution in [1.82, 2.24) is 5.32 Å². The van der Waals surface area contributed by atoms with Crippen molar-refractivity contribution >= 4 is 25.6 Å². The van der Waals surface area contributed by atoms with Crippen LogP contribution in [-0.4, -0.2) is 20.9 Å². The molecule has 20 heavy (non-hydrogen) atoms. The molecule has 0 bridgehead atoms. The minimum absolute atomic E-state index is 0.0424. The second kappa shape index (κ2) is 5.37. The molecule has 1 aromatic rings. The third kappa shape index (κ3) is 3.52. The minimum atomic E-state index is -3.83. The van der Waals surface area contributed by atoms with Crippen molar-refractivity contribution in [2.75, 3.05) is 6.54 Å². The number of hydrogen-bond acceptors (Lipinski definition) is 3. The SMILES string of the molecule is Cc1cc(C(=O)NCC2(C)CCC2)cc(S(=O)(=O)Cl)c1. The number of nitrogens with one attached hydrogen (secondary N) is 1. The summed E-state index contributed by atoms with van der Waals surface area (Å²) < 4.78 is 22.7. The third-order valence-electron chi connectivity index (χ3n) is 3.83. The average Bonchev–Trinajstić information content (AvgIpc) is 2.31. The first-order valence-corrected chi connectivity index (χ1v) is 8.85. The molecule has 1 amide bonds. The van der Waals surface area contributed by atoms with E-state index in [0.29, 0.717) is 17.7 Å². The Hall–Kier alpha value is -1.07. The summed E-state index contributed by atoms with van der Waals surface area (Å²) in [6, 6.07) is 4.42. The molecule has 1 aliphatic rings. The minimum Gasteiger partial charge on any atom is -0.351 e. The predicted molar refractivity (Wildman–Crippen MR) is 78.5 cm³/mol. The largest absolute Gasteiger partial charge is 0.351 e. The van der Waals surface area contributed by atoms with E-state index in [2.05, 4.69) is 12.2 Å². The van der Waals surface area contributed by atoms with Gasteiger partial charge in [0.15, 0.2) is 0 Å². The van der Waals surface area contributed by atoms with Crippen LogP contribution in [0.5, 0.6) is 0 Å². The molecule has 4 nitrogen and oxygen atoms in total. The fourth-order valence-electron chi connectivity index (χ4n) is 2.37. The van der Waals surface area contributed by atoms with Gasteiger partial charge in [-0.05, 0) is 48.9 Å². The predicted octanol–water partition coefficient (Wildman–Crippen LogP) is 2.84. The lowest BCUT2D eigenvalue weighted by Gasteiger charge is -2.38. The lowest BCUT2D eigenvalue weighted by atomic mass is 9.70. The number of halogens is 1. The summed E-state index contributed by atoms with van der Waals surface area (Å²) in [5, 5.41) is 2.87. The van der Waals surface area contributed by atoms with Crippen LogP contribution in [0, 0.1) is 12.3 Å². The van der Waals surface area contributed by atoms with E-state index in [0.717, 1.165) is 12.8 Å². The van der Waals surface area contributed by atoms with Gasteiger partial charge in [-0.1, -0.05) is 13.3 Å². The number of benzene rings is 1. The summed E-state index contributed by atoms with van der Waals surface area (Å²) in [5.74, 6) is -0.261. The Bertz CT molecular complexity index is 636. The first-order chi connectivity index (χ1) is 9.20. The highest BCUT2D eigenvalue weighted by atomic mass is 35.7. The highest BCUT2D eigenvalue weighted by molar-refractivity contribution is 8.13. The lowest BCUT2D eigenvalue weighted by Crippen LogP contribution is -2.39. The Morgan fingerprint density at radius 3 is 2.50 bits per heavy atom. The van der Waals surface area contributed by atoms with Crippen molar-refractivity contribution in [3.8, 4) is 0 Å². The maximum Gasteiger partial charge on any atom is 0.261 e. The molecule has 0 unspecified atom stereocenters. The van der Waals surface area contributed by atoms with Crippen molar-refractivity contribution in [3.05, 3.63) is 29.3 Å². The first-order valence-electron chi connectivity index (χ1n) is 6.54. The van der Waals surface area contributed by atoms with Crippen LogP contribution in [0.3, 0.4) is 0 Å². The van der Waals surface area contributed by atoms with Gasteiger partial charge in [0, 0.05) is 22.8 Å². The van der Waals surface area contributed by atoms with E-state index >= 15 is 0 Å². The Balaban J connectivity index is 2.15. The molecule has 2 rings (SSSR count). The Morgan fingerprint density at radius 2 is 2.00 bits per heavy atom. The molecule has 0 aromatic heterocycles. The third-order valence-corrected chi connectivity index (χ3v) is 5.16. The van der Waals surface area contributed by atoms with Gasteiger partial charge in [0.05, 0.1) is 4.90 Å². The summed E-state index contributed by atoms with van der Waals surface area (Å²) in [6.45, 7) is 4.49. The fraction of sp³-hybridized carbons (Fsp3) is 0.500. The van der Waals surface area contributed by atoms with Gasteiger partial charge in [-0.3, -0.25) is 4.79 Å². The van der Waals surface area contributed by atoms with E-state index in [-0.39, 0.29) is 16.2 Å². The van der Waals surface area contributed by atoms with Gasteiger partial charge in [0.2, 0.25) is 0 Å². The number of aryl methyl sites for hydroxylation is 1. The van der Waals surface area contributed by atoms with Crippen molar-refractivity contribution in [1.29, 1.82) is 0 Å². The van der Waals surface area contributed by atoms with Crippen molar-refractivity contribution in [2.45, 2.75) is 38.0 Å². The van der Waals surface area contributed by atoms with E-state index in [9.17, 15) is 13.2 Å². The van der Waals surface area contributed by atoms with Gasteiger partial charge in [-0.15, -0.1) is 0 Å². The van der Waals surface area contributed by atoms with E-state index in [1.54, 1.807) is 13.0 Å². The molecule has 0 saturated heterocycles. The van der Waals surface area contributed by atoms with Gasteiger partial charge in [0.25, 0.3) is 15.0 Å². The zero-order valence-corrected chi connectivity index (χ0v) is 13.1. The monoisotopic (exact) mass is 315 g/mol. The van der Waals surface area contributed by atoms with Crippen LogP contribution in [-0.2, 0) is 9.05 Å². The van der Waals surface area contributed by atoms with Gasteiger partial charge < -0.3 is 5.32 Å². The smallest absolute Gasteiger partial charge is 0.261 e. The lowest BCUT2D eigenvalue weighted by molar-refractivity contribution is 0.0890. The van der Waals surface area contributed by atoms with E-state index in [1.165, 1.54) is 18.6 Å². The number of amides is 1. The van der Waals surface area contributed by atoms with Crippen LogP contribution in [0.2, 0.25) is 0 Å². The molecule has 6 heteroatoms. The molecule has 1 N–H and O–H groups in total. The normalized spacial score (nSPS) is 17.4. The maximum absolute atomic E-state index is 12.1. The van der Waals surface area contributed by atoms with E-state index in [4.69, 9.17) is 10.7 Å². The van der Waals surface area contributed by atoms with E-state index < -0.39 is 9.05 Å². The molecule has 1 aromatic carbocycles. The summed E-state index contributed by atoms with van der Waals surface area (Å²) in [4.78, 5) is 12.1. The molecule has 0 atom stereocenters. The fourth-order valence-corrected chi connectivity index (χ4v) is 3.23. The highest BCUT2D eigenvalue weighted by Gasteiger charge is 2.32. The van der Waals surface area contributed by atoms with Crippen LogP contribution < -0.4 is 5.32 Å². The topological polar surface area (TPSA) is 63.2 Å². The zero-order valence-electron chi connectivity index (χ0n) is 11.6. The Kier molecular flexibility index (Phi) is 4.12. The standard InChI is InChI=1S/C14H18ClNO3S/c1-10-6-11(8-12(7-10)20(15,18)19)13(17)16-9-14(2)4-3-5-14/h6-8H,3-5,9H2,1-2H3,(H,16,17). The first kappa shape index (κ1) is 15.3. The van der Waals surface area contributed by atoms with Crippen LogP contribution in [0.1, 0.15) is 42.1 Å². The number of rotatable bonds is 4. The Labute approximate surface area is 123 Å². The molecule has 0 spiro atoms. The quantitative estimate of drug-likeness (QED) is 0.869. The summed E-state index contributed by atoms with van der Waals surface area (Å²) in [7, 11) is 1.50. The molecule has 1 aliphatic carbocycles. The number of carbonyl (C=O) groups is 1. The molecule has 0 radical (unpaired) electrons. The highest BCUT2D eigenvalue weighted by Crippen LogP contribution is 2.39. The van der Waals surface area contributed by atoms with Crippen molar-refractivity contribution < 1.29 is 13.2 Å². The van der Waals surface area contributed by atoms with Gasteiger partial charge >= 0.3 is 0 Å². The van der Waals surface area contributed by atoms with Crippen LogP contribution in [0.4, 0.5) is 0 Å². The average molecular weight is 316 g/mol. The molecule has 1 fully saturated rings. The molecule has 0 heterocycles. The second-order valence-electron chi connectivity index (χ2n) is 5.82. The second-order valence-corrected chi connectivity index (χ2v) is 8.39. The van der Waals surface area contributed by atoms with Crippen LogP contribution in [0.15, 0.2) is 23.1 Å². The van der Waals surface area contributed by atoms with Crippen LogP contribution in [0.25, 0.3) is 0 Å². The molecular weight excluding hydrogens is 298 g/mol. The van der Waals surface area contributed by atoms with Gasteiger partial charge in [0.1, 0.15) is 0 Å². The summed E-state index contributed by atoms with van der Waals surface area (Å²) >= 11 is 0. The molecule has 110 valence electrons. The van der Waals surface area contributed by atoms with E-state index in [1.807, 2.05) is 0 Å². The molecular formula is C14H18ClNO3S. The van der Waals surface area contributed by atoms with Gasteiger partial charge in [-0.2, -0.15) is 0 Å². The zero-order chi connectivity index (χ0) is 15.0. The molecule has 0 aliphatic heterocycles.